The summed E-state index contributed by atoms with van der Waals surface area (Å²) in [7, 11) is 0. The fourth-order valence-corrected chi connectivity index (χ4v) is 10.0. The molecule has 0 atom stereocenters. The first-order valence-electron chi connectivity index (χ1n) is 24.8. The zero-order valence-corrected chi connectivity index (χ0v) is 41.4. The van der Waals surface area contributed by atoms with Crippen molar-refractivity contribution >= 4 is 33.2 Å². The van der Waals surface area contributed by atoms with Crippen molar-refractivity contribution in [3.05, 3.63) is 258 Å². The van der Waals surface area contributed by atoms with Gasteiger partial charge in [0.15, 0.2) is 23.0 Å². The Morgan fingerprint density at radius 2 is 0.886 bits per heavy atom. The molecule has 0 aliphatic carbocycles. The normalized spacial score (nSPS) is 11.2. The van der Waals surface area contributed by atoms with Crippen LogP contribution in [0.4, 0.5) is 24.5 Å². The van der Waals surface area contributed by atoms with E-state index in [1.54, 1.807) is 36.4 Å². The third-order valence-corrected chi connectivity index (χ3v) is 13.8. The van der Waals surface area contributed by atoms with E-state index in [1.165, 1.54) is 12.1 Å². The van der Waals surface area contributed by atoms with E-state index < -0.39 is 11.7 Å². The number of fused-ring (bicyclic) bond motifs is 3. The summed E-state index contributed by atoms with van der Waals surface area (Å²) < 4.78 is 50.0. The van der Waals surface area contributed by atoms with Crippen LogP contribution in [0.2, 0.25) is 0 Å². The van der Waals surface area contributed by atoms with E-state index in [-0.39, 0.29) is 45.4 Å². The van der Waals surface area contributed by atoms with E-state index in [1.807, 2.05) is 162 Å². The van der Waals surface area contributed by atoms with Crippen LogP contribution in [0.5, 0.6) is 0 Å². The summed E-state index contributed by atoms with van der Waals surface area (Å²) in [6, 6.07) is 68.6. The molecule has 0 N–H and O–H groups in total. The summed E-state index contributed by atoms with van der Waals surface area (Å²) in [5.41, 5.74) is 8.35. The SMILES string of the molecule is [C-]#[N+]c1ccc(-c2ccc3c(c2)c2cc(-c4ccc(C#N)cc4[N+]#[C-])ccc2n3-c2c(-c3cc(-c4ccccc4)nc(-c4ccccc4)n3)cc(C(F)(F)F)cc2-c2cc(-c3ccccc3)nc(-c3ccccc3)n2)c(C#N)c1. The Morgan fingerprint density at radius 1 is 0.418 bits per heavy atom. The quantitative estimate of drug-likeness (QED) is 0.133. The maximum absolute atomic E-state index is 16.0. The molecule has 3 heterocycles. The summed E-state index contributed by atoms with van der Waals surface area (Å²) in [5.74, 6) is 0.572. The van der Waals surface area contributed by atoms with E-state index in [2.05, 4.69) is 21.8 Å². The number of halogens is 3. The highest BCUT2D eigenvalue weighted by Gasteiger charge is 2.35. The first-order valence-corrected chi connectivity index (χ1v) is 24.8. The van der Waals surface area contributed by atoms with E-state index in [0.717, 1.165) is 12.1 Å². The molecule has 3 aromatic heterocycles. The van der Waals surface area contributed by atoms with Gasteiger partial charge in [0.2, 0.25) is 0 Å². The van der Waals surface area contributed by atoms with Gasteiger partial charge in [0, 0.05) is 55.3 Å². The molecule has 0 unspecified atom stereocenters. The number of hydrogen-bond donors (Lipinski definition) is 0. The van der Waals surface area contributed by atoms with Gasteiger partial charge in [-0.25, -0.2) is 29.6 Å². The van der Waals surface area contributed by atoms with Gasteiger partial charge in [-0.05, 0) is 89.0 Å². The van der Waals surface area contributed by atoms with Crippen LogP contribution in [0.25, 0.3) is 127 Å². The van der Waals surface area contributed by atoms with Crippen molar-refractivity contribution in [3.8, 4) is 108 Å². The van der Waals surface area contributed by atoms with Crippen molar-refractivity contribution < 1.29 is 13.2 Å². The van der Waals surface area contributed by atoms with Crippen LogP contribution in [-0.2, 0) is 6.18 Å². The molecule has 12 rings (SSSR count). The highest BCUT2D eigenvalue weighted by Crippen LogP contribution is 2.47. The lowest BCUT2D eigenvalue weighted by Crippen LogP contribution is -2.10. The van der Waals surface area contributed by atoms with Crippen LogP contribution in [-0.4, -0.2) is 24.5 Å². The number of nitriles is 2. The number of nitrogens with zero attached hydrogens (tertiary/aromatic N) is 9. The van der Waals surface area contributed by atoms with Crippen molar-refractivity contribution in [2.75, 3.05) is 0 Å². The highest BCUT2D eigenvalue weighted by molar-refractivity contribution is 6.13. The molecule has 0 spiro atoms. The smallest absolute Gasteiger partial charge is 0.308 e. The first kappa shape index (κ1) is 48.6. The molecule has 0 aliphatic rings. The molecule has 79 heavy (non-hydrogen) atoms. The fraction of sp³-hybridized carbons (Fsp3) is 0.0149. The van der Waals surface area contributed by atoms with Crippen LogP contribution < -0.4 is 0 Å². The summed E-state index contributed by atoms with van der Waals surface area (Å²) in [5, 5.41) is 21.5. The van der Waals surface area contributed by atoms with Crippen molar-refractivity contribution in [1.82, 2.24) is 24.5 Å². The first-order chi connectivity index (χ1) is 38.6. The average molecular weight is 1020 g/mol. The van der Waals surface area contributed by atoms with Gasteiger partial charge in [0.25, 0.3) is 0 Å². The van der Waals surface area contributed by atoms with Gasteiger partial charge in [-0.3, -0.25) is 0 Å². The second kappa shape index (κ2) is 20.1. The highest BCUT2D eigenvalue weighted by atomic mass is 19.4. The molecule has 0 amide bonds. The third-order valence-electron chi connectivity index (χ3n) is 13.8. The molecule has 0 fully saturated rings. The lowest BCUT2D eigenvalue weighted by Gasteiger charge is -2.22. The Labute approximate surface area is 451 Å². The number of rotatable bonds is 9. The predicted molar refractivity (Wildman–Crippen MR) is 302 cm³/mol. The molecule has 0 radical (unpaired) electrons. The van der Waals surface area contributed by atoms with Crippen LogP contribution in [0, 0.1) is 35.8 Å². The van der Waals surface area contributed by atoms with Gasteiger partial charge < -0.3 is 4.57 Å². The Bertz CT molecular complexity index is 4170. The summed E-state index contributed by atoms with van der Waals surface area (Å²) in [4.78, 5) is 27.7. The van der Waals surface area contributed by atoms with E-state index in [4.69, 9.17) is 33.1 Å². The molecule has 9 nitrogen and oxygen atoms in total. The van der Waals surface area contributed by atoms with E-state index in [0.29, 0.717) is 94.6 Å². The lowest BCUT2D eigenvalue weighted by atomic mass is 9.95. The minimum Gasteiger partial charge on any atom is -0.308 e. The van der Waals surface area contributed by atoms with Crippen LogP contribution in [0.3, 0.4) is 0 Å². The summed E-state index contributed by atoms with van der Waals surface area (Å²) in [6.07, 6.45) is -4.87. The number of aromatic nitrogens is 5. The van der Waals surface area contributed by atoms with Gasteiger partial charge in [0.05, 0.1) is 70.3 Å². The van der Waals surface area contributed by atoms with Crippen LogP contribution in [0.1, 0.15) is 16.7 Å². The summed E-state index contributed by atoms with van der Waals surface area (Å²) in [6.45, 7) is 15.8. The molecule has 12 heteroatoms. The second-order valence-electron chi connectivity index (χ2n) is 18.5. The average Bonchev–Trinajstić information content (AvgIpc) is 4.09. The minimum atomic E-state index is -4.87. The van der Waals surface area contributed by atoms with Gasteiger partial charge in [-0.2, -0.15) is 23.7 Å². The maximum atomic E-state index is 16.0. The fourth-order valence-electron chi connectivity index (χ4n) is 10.0. The standard InChI is InChI=1S/C67H36F3N9/c1-73-50-26-28-51(48(32-50)40-72)46-24-29-62-53(33-46)54-34-47(52-27-23-41(39-71)31-59(52)74-2)25-30-63(54)79(62)64-55(60-37-57(42-15-7-3-8-16-42)75-65(77-60)44-19-11-5-12-20-44)35-49(67(68,69)70)36-56(64)61-38-58(43-17-9-4-10-18-43)76-66(78-61)45-21-13-6-14-22-45/h3-38H. The summed E-state index contributed by atoms with van der Waals surface area (Å²) >= 11 is 0. The van der Waals surface area contributed by atoms with Gasteiger partial charge in [0.1, 0.15) is 0 Å². The number of benzene rings is 9. The second-order valence-corrected chi connectivity index (χ2v) is 18.5. The molecule has 12 aromatic rings. The molecule has 0 saturated carbocycles. The predicted octanol–water partition coefficient (Wildman–Crippen LogP) is 17.6. The van der Waals surface area contributed by atoms with E-state index >= 15 is 13.2 Å². The molecule has 0 aliphatic heterocycles. The lowest BCUT2D eigenvalue weighted by molar-refractivity contribution is -0.137. The maximum Gasteiger partial charge on any atom is 0.416 e. The Kier molecular flexibility index (Phi) is 12.4. The molecular formula is C67H36F3N9. The van der Waals surface area contributed by atoms with Crippen molar-refractivity contribution in [2.24, 2.45) is 0 Å². The van der Waals surface area contributed by atoms with E-state index in [9.17, 15) is 10.5 Å². The van der Waals surface area contributed by atoms with Gasteiger partial charge in [-0.15, -0.1) is 0 Å². The minimum absolute atomic E-state index is 0.110. The number of alkyl halides is 3. The zero-order chi connectivity index (χ0) is 54.2. The third kappa shape index (κ3) is 9.15. The molecule has 0 bridgehead atoms. The Balaban J connectivity index is 1.26. The molecule has 370 valence electrons. The van der Waals surface area contributed by atoms with Crippen molar-refractivity contribution in [2.45, 2.75) is 6.18 Å². The van der Waals surface area contributed by atoms with Gasteiger partial charge >= 0.3 is 6.18 Å². The molecule has 0 saturated heterocycles. The topological polar surface area (TPSA) is 113 Å². The Hall–Kier alpha value is -11.3. The molecule has 9 aromatic carbocycles. The largest absolute Gasteiger partial charge is 0.416 e. The van der Waals surface area contributed by atoms with Crippen molar-refractivity contribution in [1.29, 1.82) is 10.5 Å². The Morgan fingerprint density at radius 3 is 1.34 bits per heavy atom. The number of hydrogen-bond acceptors (Lipinski definition) is 6. The van der Waals surface area contributed by atoms with Crippen molar-refractivity contribution in [3.63, 3.8) is 0 Å². The molecular weight excluding hydrogens is 988 g/mol. The zero-order valence-electron chi connectivity index (χ0n) is 41.4. The van der Waals surface area contributed by atoms with Gasteiger partial charge in [-0.1, -0.05) is 152 Å². The van der Waals surface area contributed by atoms with Crippen LogP contribution in [0.15, 0.2) is 218 Å². The monoisotopic (exact) mass is 1020 g/mol. The van der Waals surface area contributed by atoms with Crippen LogP contribution >= 0.6 is 0 Å².